The van der Waals surface area contributed by atoms with Crippen LogP contribution >= 0.6 is 0 Å². The number of nitrogens with zero attached hydrogens (tertiary/aromatic N) is 2. The minimum atomic E-state index is -0.414. The maximum Gasteiger partial charge on any atom is 0.410 e. The van der Waals surface area contributed by atoms with Gasteiger partial charge >= 0.3 is 6.09 Å². The molecule has 2 heterocycles. The van der Waals surface area contributed by atoms with E-state index < -0.39 is 5.60 Å². The highest BCUT2D eigenvalue weighted by atomic mass is 16.6. The molecule has 1 fully saturated rings. The number of nitrogens with one attached hydrogen (secondary N) is 1. The Labute approximate surface area is 133 Å². The van der Waals surface area contributed by atoms with Crippen molar-refractivity contribution in [2.45, 2.75) is 45.6 Å². The number of carbonyl (C=O) groups is 1. The molecule has 0 bridgehead atoms. The average molecular weight is 305 g/mol. The van der Waals surface area contributed by atoms with Gasteiger partial charge in [0, 0.05) is 37.7 Å². The number of piperidine rings is 1. The molecule has 1 aliphatic heterocycles. The van der Waals surface area contributed by atoms with Crippen molar-refractivity contribution in [3.63, 3.8) is 0 Å². The lowest BCUT2D eigenvalue weighted by atomic mass is 9.94. The summed E-state index contributed by atoms with van der Waals surface area (Å²) in [5.41, 5.74) is 0.698. The van der Waals surface area contributed by atoms with E-state index in [1.807, 2.05) is 37.8 Å². The van der Waals surface area contributed by atoms with E-state index in [1.165, 1.54) is 0 Å². The zero-order chi connectivity index (χ0) is 16.0. The number of pyridine rings is 1. The van der Waals surface area contributed by atoms with E-state index >= 15 is 0 Å². The second-order valence-electron chi connectivity index (χ2n) is 6.86. The van der Waals surface area contributed by atoms with Crippen LogP contribution in [0, 0.1) is 5.92 Å². The van der Waals surface area contributed by atoms with Crippen LogP contribution in [0.25, 0.3) is 0 Å². The minimum absolute atomic E-state index is 0.180. The van der Waals surface area contributed by atoms with E-state index in [9.17, 15) is 4.79 Å². The molecule has 5 nitrogen and oxygen atoms in total. The number of amides is 1. The molecule has 0 atom stereocenters. The zero-order valence-corrected chi connectivity index (χ0v) is 13.8. The third-order valence-corrected chi connectivity index (χ3v) is 3.83. The molecule has 0 radical (unpaired) electrons. The van der Waals surface area contributed by atoms with Gasteiger partial charge in [0.25, 0.3) is 0 Å². The van der Waals surface area contributed by atoms with Crippen molar-refractivity contribution in [2.24, 2.45) is 5.92 Å². The first-order valence-corrected chi connectivity index (χ1v) is 8.06. The van der Waals surface area contributed by atoms with Gasteiger partial charge in [-0.25, -0.2) is 4.79 Å². The van der Waals surface area contributed by atoms with Crippen LogP contribution in [0.1, 0.15) is 40.0 Å². The lowest BCUT2D eigenvalue weighted by molar-refractivity contribution is 0.0182. The highest BCUT2D eigenvalue weighted by Gasteiger charge is 2.26. The first-order valence-electron chi connectivity index (χ1n) is 8.06. The summed E-state index contributed by atoms with van der Waals surface area (Å²) >= 11 is 0. The van der Waals surface area contributed by atoms with E-state index in [1.54, 1.807) is 12.4 Å². The molecule has 1 aromatic heterocycles. The largest absolute Gasteiger partial charge is 0.444 e. The Morgan fingerprint density at radius 1 is 1.32 bits per heavy atom. The Balaban J connectivity index is 1.66. The van der Waals surface area contributed by atoms with Gasteiger partial charge in [-0.1, -0.05) is 0 Å². The maximum absolute atomic E-state index is 12.0. The molecule has 1 saturated heterocycles. The van der Waals surface area contributed by atoms with Crippen molar-refractivity contribution >= 4 is 11.8 Å². The van der Waals surface area contributed by atoms with Gasteiger partial charge in [0.1, 0.15) is 5.60 Å². The molecule has 0 saturated carbocycles. The molecule has 1 N–H and O–H groups in total. The van der Waals surface area contributed by atoms with Crippen LogP contribution < -0.4 is 5.32 Å². The molecule has 122 valence electrons. The Kier molecular flexibility index (Phi) is 5.63. The monoisotopic (exact) mass is 305 g/mol. The van der Waals surface area contributed by atoms with E-state index in [-0.39, 0.29) is 6.09 Å². The predicted molar refractivity (Wildman–Crippen MR) is 87.9 cm³/mol. The van der Waals surface area contributed by atoms with Gasteiger partial charge < -0.3 is 15.0 Å². The van der Waals surface area contributed by atoms with Crippen LogP contribution in [0.5, 0.6) is 0 Å². The fraction of sp³-hybridized carbons (Fsp3) is 0.647. The van der Waals surface area contributed by atoms with Crippen LogP contribution in [0.3, 0.4) is 0 Å². The highest BCUT2D eigenvalue weighted by molar-refractivity contribution is 5.68. The summed E-state index contributed by atoms with van der Waals surface area (Å²) in [4.78, 5) is 17.8. The van der Waals surface area contributed by atoms with Crippen molar-refractivity contribution < 1.29 is 9.53 Å². The van der Waals surface area contributed by atoms with E-state index in [0.29, 0.717) is 5.92 Å². The first-order chi connectivity index (χ1) is 10.4. The molecule has 1 amide bonds. The summed E-state index contributed by atoms with van der Waals surface area (Å²) in [5, 5.41) is 3.41. The van der Waals surface area contributed by atoms with Gasteiger partial charge in [-0.2, -0.15) is 0 Å². The third-order valence-electron chi connectivity index (χ3n) is 3.83. The molecular weight excluding hydrogens is 278 g/mol. The Hall–Kier alpha value is -1.78. The number of anilines is 1. The quantitative estimate of drug-likeness (QED) is 0.924. The Morgan fingerprint density at radius 3 is 2.55 bits per heavy atom. The number of hydrogen-bond acceptors (Lipinski definition) is 4. The summed E-state index contributed by atoms with van der Waals surface area (Å²) in [6, 6.07) is 3.95. The van der Waals surface area contributed by atoms with Gasteiger partial charge in [-0.05, 0) is 58.1 Å². The number of hydrogen-bond donors (Lipinski definition) is 1. The van der Waals surface area contributed by atoms with Crippen molar-refractivity contribution in [1.29, 1.82) is 0 Å². The van der Waals surface area contributed by atoms with Gasteiger partial charge in [0.15, 0.2) is 0 Å². The molecule has 0 spiro atoms. The van der Waals surface area contributed by atoms with E-state index in [0.717, 1.165) is 44.6 Å². The normalized spacial score (nSPS) is 16.4. The summed E-state index contributed by atoms with van der Waals surface area (Å²) in [7, 11) is 0. The fourth-order valence-electron chi connectivity index (χ4n) is 2.62. The minimum Gasteiger partial charge on any atom is -0.444 e. The Bertz CT molecular complexity index is 463. The van der Waals surface area contributed by atoms with Crippen molar-refractivity contribution in [2.75, 3.05) is 25.0 Å². The molecule has 1 aliphatic rings. The fourth-order valence-corrected chi connectivity index (χ4v) is 2.62. The highest BCUT2D eigenvalue weighted by Crippen LogP contribution is 2.22. The SMILES string of the molecule is CC(C)(C)OC(=O)N1CCC(CCNc2ccncc2)CC1. The zero-order valence-electron chi connectivity index (χ0n) is 13.8. The molecule has 5 heteroatoms. The van der Waals surface area contributed by atoms with E-state index in [4.69, 9.17) is 4.74 Å². The van der Waals surface area contributed by atoms with Gasteiger partial charge in [-0.15, -0.1) is 0 Å². The van der Waals surface area contributed by atoms with Gasteiger partial charge in [0.2, 0.25) is 0 Å². The lowest BCUT2D eigenvalue weighted by Gasteiger charge is -2.33. The third kappa shape index (κ3) is 5.54. The van der Waals surface area contributed by atoms with E-state index in [2.05, 4.69) is 10.3 Å². The van der Waals surface area contributed by atoms with Crippen LogP contribution in [0.15, 0.2) is 24.5 Å². The molecule has 0 aliphatic carbocycles. The van der Waals surface area contributed by atoms with Gasteiger partial charge in [-0.3, -0.25) is 4.98 Å². The second-order valence-corrected chi connectivity index (χ2v) is 6.86. The van der Waals surface area contributed by atoms with Gasteiger partial charge in [0.05, 0.1) is 0 Å². The van der Waals surface area contributed by atoms with Crippen molar-refractivity contribution in [3.8, 4) is 0 Å². The topological polar surface area (TPSA) is 54.5 Å². The molecular formula is C17H27N3O2. The predicted octanol–water partition coefficient (Wildman–Crippen LogP) is 3.53. The summed E-state index contributed by atoms with van der Waals surface area (Å²) < 4.78 is 5.42. The molecule has 0 aromatic carbocycles. The smallest absolute Gasteiger partial charge is 0.410 e. The number of aromatic nitrogens is 1. The standard InChI is InChI=1S/C17H27N3O2/c1-17(2,3)22-16(21)20-12-7-14(8-13-20)4-11-19-15-5-9-18-10-6-15/h5-6,9-10,14H,4,7-8,11-13H2,1-3H3,(H,18,19). The molecule has 1 aromatic rings. The van der Waals surface area contributed by atoms with Crippen LogP contribution in [-0.2, 0) is 4.74 Å². The lowest BCUT2D eigenvalue weighted by Crippen LogP contribution is -2.41. The number of carbonyl (C=O) groups excluding carboxylic acids is 1. The summed E-state index contributed by atoms with van der Waals surface area (Å²) in [5.74, 6) is 0.674. The number of ether oxygens (including phenoxy) is 1. The van der Waals surface area contributed by atoms with Crippen molar-refractivity contribution in [1.82, 2.24) is 9.88 Å². The van der Waals surface area contributed by atoms with Crippen LogP contribution in [0.4, 0.5) is 10.5 Å². The maximum atomic E-state index is 12.0. The first kappa shape index (κ1) is 16.6. The molecule has 2 rings (SSSR count). The molecule has 0 unspecified atom stereocenters. The van der Waals surface area contributed by atoms with Crippen molar-refractivity contribution in [3.05, 3.63) is 24.5 Å². The summed E-state index contributed by atoms with van der Waals surface area (Å²) in [6.45, 7) is 8.28. The molecule has 22 heavy (non-hydrogen) atoms. The summed E-state index contributed by atoms with van der Waals surface area (Å²) in [6.07, 6.45) is 6.64. The second kappa shape index (κ2) is 7.47. The number of rotatable bonds is 4. The average Bonchev–Trinajstić information content (AvgIpc) is 2.47. The Morgan fingerprint density at radius 2 is 1.95 bits per heavy atom. The van der Waals surface area contributed by atoms with Crippen LogP contribution in [0.2, 0.25) is 0 Å². The van der Waals surface area contributed by atoms with Crippen LogP contribution in [-0.4, -0.2) is 41.2 Å². The number of likely N-dealkylation sites (tertiary alicyclic amines) is 1.